The summed E-state index contributed by atoms with van der Waals surface area (Å²) in [6.45, 7) is 1.51. The second-order valence-electron chi connectivity index (χ2n) is 5.57. The highest BCUT2D eigenvalue weighted by atomic mass is 19.3. The maximum Gasteiger partial charge on any atom is 0.387 e. The van der Waals surface area contributed by atoms with E-state index in [4.69, 9.17) is 0 Å². The molecule has 0 saturated heterocycles. The number of benzene rings is 1. The molecule has 1 rings (SSSR count). The highest BCUT2D eigenvalue weighted by Gasteiger charge is 2.05. The van der Waals surface area contributed by atoms with Gasteiger partial charge in [-0.25, -0.2) is 0 Å². The lowest BCUT2D eigenvalue weighted by Gasteiger charge is -2.15. The van der Waals surface area contributed by atoms with Crippen LogP contribution in [0.15, 0.2) is 24.3 Å². The molecular weight excluding hydrogens is 274 g/mol. The van der Waals surface area contributed by atoms with Gasteiger partial charge in [-0.15, -0.1) is 0 Å². The number of nitrogens with zero attached hydrogens (tertiary/aromatic N) is 1. The number of ether oxygens (including phenoxy) is 1. The first-order valence-electron chi connectivity index (χ1n) is 7.39. The zero-order chi connectivity index (χ0) is 15.7. The third-order valence-corrected chi connectivity index (χ3v) is 3.29. The molecule has 0 aromatic heterocycles. The van der Waals surface area contributed by atoms with Crippen molar-refractivity contribution in [1.82, 2.24) is 10.2 Å². The van der Waals surface area contributed by atoms with Gasteiger partial charge in [0.25, 0.3) is 0 Å². The summed E-state index contributed by atoms with van der Waals surface area (Å²) < 4.78 is 28.4. The van der Waals surface area contributed by atoms with Gasteiger partial charge >= 0.3 is 6.61 Å². The summed E-state index contributed by atoms with van der Waals surface area (Å²) in [6.07, 6.45) is 3.09. The molecule has 0 bridgehead atoms. The topological polar surface area (TPSA) is 24.5 Å². The van der Waals surface area contributed by atoms with E-state index in [0.717, 1.165) is 37.9 Å². The molecule has 0 aliphatic rings. The van der Waals surface area contributed by atoms with Crippen molar-refractivity contribution >= 4 is 0 Å². The summed E-state index contributed by atoms with van der Waals surface area (Å²) in [7, 11) is 4.15. The Labute approximate surface area is 126 Å². The Morgan fingerprint density at radius 3 is 2.43 bits per heavy atom. The van der Waals surface area contributed by atoms with E-state index in [0.29, 0.717) is 6.04 Å². The van der Waals surface area contributed by atoms with E-state index in [1.54, 1.807) is 12.1 Å². The minimum atomic E-state index is -2.76. The molecule has 21 heavy (non-hydrogen) atoms. The van der Waals surface area contributed by atoms with Crippen molar-refractivity contribution in [2.24, 2.45) is 0 Å². The first-order valence-corrected chi connectivity index (χ1v) is 7.39. The molecule has 1 atom stereocenters. The zero-order valence-corrected chi connectivity index (χ0v) is 13.1. The zero-order valence-electron chi connectivity index (χ0n) is 13.1. The number of hydrogen-bond donors (Lipinski definition) is 1. The van der Waals surface area contributed by atoms with Gasteiger partial charge in [0, 0.05) is 6.04 Å². The second-order valence-corrected chi connectivity index (χ2v) is 5.57. The highest BCUT2D eigenvalue weighted by molar-refractivity contribution is 5.27. The average molecular weight is 300 g/mol. The smallest absolute Gasteiger partial charge is 0.387 e. The standard InChI is InChI=1S/C16H26F2N2O/c1-13(19-11-4-12-20(2)3)5-6-14-7-9-15(10-8-14)21-16(17)18/h7-10,13,16,19H,4-6,11-12H2,1-3H3. The van der Waals surface area contributed by atoms with Crippen LogP contribution in [-0.4, -0.2) is 44.7 Å². The van der Waals surface area contributed by atoms with Gasteiger partial charge in [0.2, 0.25) is 0 Å². The van der Waals surface area contributed by atoms with Gasteiger partial charge in [-0.1, -0.05) is 12.1 Å². The number of alkyl halides is 2. The van der Waals surface area contributed by atoms with Crippen molar-refractivity contribution in [3.8, 4) is 5.75 Å². The Hall–Kier alpha value is -1.20. The number of hydrogen-bond acceptors (Lipinski definition) is 3. The Kier molecular flexibility index (Phi) is 8.23. The molecular formula is C16H26F2N2O. The predicted octanol–water partition coefficient (Wildman–Crippen LogP) is 3.15. The van der Waals surface area contributed by atoms with Crippen LogP contribution in [0.4, 0.5) is 8.78 Å². The molecule has 0 spiro atoms. The van der Waals surface area contributed by atoms with E-state index in [1.807, 2.05) is 12.1 Å². The summed E-state index contributed by atoms with van der Waals surface area (Å²) in [6, 6.07) is 7.32. The van der Waals surface area contributed by atoms with Crippen molar-refractivity contribution in [2.45, 2.75) is 38.8 Å². The minimum absolute atomic E-state index is 0.212. The van der Waals surface area contributed by atoms with Crippen LogP contribution in [-0.2, 0) is 6.42 Å². The van der Waals surface area contributed by atoms with Gasteiger partial charge in [0.15, 0.2) is 0 Å². The molecule has 0 fully saturated rings. The molecule has 0 saturated carbocycles. The number of rotatable bonds is 10. The van der Waals surface area contributed by atoms with E-state index in [-0.39, 0.29) is 5.75 Å². The van der Waals surface area contributed by atoms with E-state index < -0.39 is 6.61 Å². The van der Waals surface area contributed by atoms with Crippen LogP contribution in [0.5, 0.6) is 5.75 Å². The monoisotopic (exact) mass is 300 g/mol. The van der Waals surface area contributed by atoms with E-state index in [9.17, 15) is 8.78 Å². The molecule has 5 heteroatoms. The van der Waals surface area contributed by atoms with Crippen LogP contribution in [0.1, 0.15) is 25.3 Å². The first kappa shape index (κ1) is 17.9. The van der Waals surface area contributed by atoms with E-state index in [2.05, 4.69) is 36.0 Å². The van der Waals surface area contributed by atoms with Gasteiger partial charge in [-0.05, 0) is 71.1 Å². The summed E-state index contributed by atoms with van der Waals surface area (Å²) in [4.78, 5) is 2.18. The molecule has 0 heterocycles. The van der Waals surface area contributed by atoms with Gasteiger partial charge in [-0.2, -0.15) is 8.78 Å². The predicted molar refractivity (Wildman–Crippen MR) is 82.0 cm³/mol. The summed E-state index contributed by atoms with van der Waals surface area (Å²) in [5, 5.41) is 3.50. The Balaban J connectivity index is 2.21. The number of halogens is 2. The summed E-state index contributed by atoms with van der Waals surface area (Å²) in [5.74, 6) is 0.212. The molecule has 1 aromatic rings. The van der Waals surface area contributed by atoms with Crippen LogP contribution >= 0.6 is 0 Å². The van der Waals surface area contributed by atoms with Crippen LogP contribution in [0.2, 0.25) is 0 Å². The molecule has 1 unspecified atom stereocenters. The molecule has 0 radical (unpaired) electrons. The lowest BCUT2D eigenvalue weighted by Crippen LogP contribution is -2.29. The summed E-state index contributed by atoms with van der Waals surface area (Å²) >= 11 is 0. The van der Waals surface area contributed by atoms with Crippen LogP contribution < -0.4 is 10.1 Å². The third-order valence-electron chi connectivity index (χ3n) is 3.29. The van der Waals surface area contributed by atoms with Crippen molar-refractivity contribution in [2.75, 3.05) is 27.2 Å². The molecule has 0 aliphatic carbocycles. The fourth-order valence-corrected chi connectivity index (χ4v) is 2.07. The minimum Gasteiger partial charge on any atom is -0.435 e. The maximum absolute atomic E-state index is 12.0. The molecule has 0 aliphatic heterocycles. The molecule has 0 amide bonds. The lowest BCUT2D eigenvalue weighted by atomic mass is 10.1. The molecule has 3 nitrogen and oxygen atoms in total. The van der Waals surface area contributed by atoms with E-state index >= 15 is 0 Å². The Bertz CT molecular complexity index is 382. The Morgan fingerprint density at radius 2 is 1.86 bits per heavy atom. The van der Waals surface area contributed by atoms with Crippen molar-refractivity contribution in [3.63, 3.8) is 0 Å². The third kappa shape index (κ3) is 8.63. The van der Waals surface area contributed by atoms with Crippen molar-refractivity contribution in [3.05, 3.63) is 29.8 Å². The quantitative estimate of drug-likeness (QED) is 0.672. The SMILES string of the molecule is CC(CCc1ccc(OC(F)F)cc1)NCCCN(C)C. The fourth-order valence-electron chi connectivity index (χ4n) is 2.07. The van der Waals surface area contributed by atoms with Crippen LogP contribution in [0.25, 0.3) is 0 Å². The molecule has 1 aromatic carbocycles. The Morgan fingerprint density at radius 1 is 1.19 bits per heavy atom. The number of nitrogens with one attached hydrogen (secondary N) is 1. The molecule has 1 N–H and O–H groups in total. The van der Waals surface area contributed by atoms with Gasteiger partial charge in [0.1, 0.15) is 5.75 Å². The lowest BCUT2D eigenvalue weighted by molar-refractivity contribution is -0.0498. The van der Waals surface area contributed by atoms with Crippen LogP contribution in [0.3, 0.4) is 0 Å². The van der Waals surface area contributed by atoms with Gasteiger partial charge < -0.3 is 15.0 Å². The van der Waals surface area contributed by atoms with Crippen LogP contribution in [0, 0.1) is 0 Å². The average Bonchev–Trinajstić information content (AvgIpc) is 2.42. The summed E-state index contributed by atoms with van der Waals surface area (Å²) in [5.41, 5.74) is 1.14. The largest absolute Gasteiger partial charge is 0.435 e. The first-order chi connectivity index (χ1) is 9.97. The highest BCUT2D eigenvalue weighted by Crippen LogP contribution is 2.16. The number of aryl methyl sites for hydroxylation is 1. The van der Waals surface area contributed by atoms with E-state index in [1.165, 1.54) is 0 Å². The normalized spacial score (nSPS) is 12.9. The molecule has 120 valence electrons. The maximum atomic E-state index is 12.0. The van der Waals surface area contributed by atoms with Crippen molar-refractivity contribution < 1.29 is 13.5 Å². The van der Waals surface area contributed by atoms with Gasteiger partial charge in [0.05, 0.1) is 0 Å². The second kappa shape index (κ2) is 9.68. The fraction of sp³-hybridized carbons (Fsp3) is 0.625. The van der Waals surface area contributed by atoms with Gasteiger partial charge in [-0.3, -0.25) is 0 Å². The van der Waals surface area contributed by atoms with Crippen molar-refractivity contribution in [1.29, 1.82) is 0 Å².